The Labute approximate surface area is 194 Å². The molecule has 4 fully saturated rings. The van der Waals surface area contributed by atoms with Gasteiger partial charge in [-0.2, -0.15) is 11.8 Å². The van der Waals surface area contributed by atoms with Gasteiger partial charge in [0, 0.05) is 55.6 Å². The van der Waals surface area contributed by atoms with Crippen molar-refractivity contribution in [3.05, 3.63) is 0 Å². The quantitative estimate of drug-likeness (QED) is 0.648. The third kappa shape index (κ3) is 5.20. The number of nitrogens with zero attached hydrogens (tertiary/aromatic N) is 4. The number of fused-ring (bicyclic) bond motifs is 4. The Morgan fingerprint density at radius 2 is 1.81 bits per heavy atom. The number of urea groups is 1. The topological polar surface area (TPSA) is 42.1 Å². The van der Waals surface area contributed by atoms with Crippen LogP contribution in [0.1, 0.15) is 66.7 Å². The van der Waals surface area contributed by atoms with Crippen molar-refractivity contribution in [2.45, 2.75) is 95.8 Å². The molecule has 0 aromatic heterocycles. The summed E-state index contributed by atoms with van der Waals surface area (Å²) in [5, 5.41) is 3.83. The largest absolute Gasteiger partial charge is 0.333 e. The van der Waals surface area contributed by atoms with Crippen LogP contribution in [0.3, 0.4) is 0 Å². The van der Waals surface area contributed by atoms with Crippen molar-refractivity contribution in [3.8, 4) is 0 Å². The Morgan fingerprint density at radius 1 is 1.06 bits per heavy atom. The molecule has 7 atom stereocenters. The number of rotatable bonds is 5. The Hall–Kier alpha value is -0.500. The van der Waals surface area contributed by atoms with Crippen molar-refractivity contribution in [1.29, 1.82) is 0 Å². The second-order valence-electron chi connectivity index (χ2n) is 11.3. The van der Waals surface area contributed by atoms with Gasteiger partial charge in [0.25, 0.3) is 0 Å². The van der Waals surface area contributed by atoms with Gasteiger partial charge in [0.15, 0.2) is 0 Å². The van der Waals surface area contributed by atoms with E-state index < -0.39 is 0 Å². The van der Waals surface area contributed by atoms with E-state index in [9.17, 15) is 4.79 Å². The molecule has 0 aromatic carbocycles. The predicted octanol–water partition coefficient (Wildman–Crippen LogP) is 3.49. The number of carbonyl (C=O) groups is 1. The molecule has 0 saturated carbocycles. The summed E-state index contributed by atoms with van der Waals surface area (Å²) in [6.07, 6.45) is 7.24. The summed E-state index contributed by atoms with van der Waals surface area (Å²) in [5.74, 6) is 2.08. The molecule has 4 rings (SSSR count). The summed E-state index contributed by atoms with van der Waals surface area (Å²) < 4.78 is 0. The number of amides is 2. The zero-order chi connectivity index (χ0) is 22.2. The standard InChI is InChI=1S/C24H45N5OS/c1-6-7-8-9-19-10-11-28-17-29(19)22(21-20(28)18(2)16-31-21)26-12-14-27(15-13-26)23(30)25-24(3,4)5/h18-22H,6-17H2,1-5H3,(H,25,30). The van der Waals surface area contributed by atoms with Gasteiger partial charge in [0.2, 0.25) is 0 Å². The van der Waals surface area contributed by atoms with E-state index in [4.69, 9.17) is 0 Å². The van der Waals surface area contributed by atoms with E-state index in [1.165, 1.54) is 44.4 Å². The molecular formula is C24H45N5OS. The smallest absolute Gasteiger partial charge is 0.317 e. The van der Waals surface area contributed by atoms with Crippen LogP contribution in [0.4, 0.5) is 4.79 Å². The maximum absolute atomic E-state index is 12.7. The third-order valence-electron chi connectivity index (χ3n) is 7.69. The Balaban J connectivity index is 1.45. The molecule has 2 bridgehead atoms. The van der Waals surface area contributed by atoms with E-state index in [1.807, 2.05) is 4.90 Å². The molecule has 4 saturated heterocycles. The summed E-state index contributed by atoms with van der Waals surface area (Å²) >= 11 is 2.22. The number of hydrogen-bond acceptors (Lipinski definition) is 5. The molecule has 4 heterocycles. The molecule has 4 aliphatic heterocycles. The lowest BCUT2D eigenvalue weighted by Gasteiger charge is -2.59. The number of carbonyl (C=O) groups excluding carboxylic acids is 1. The Morgan fingerprint density at radius 3 is 2.48 bits per heavy atom. The molecule has 1 N–H and O–H groups in total. The zero-order valence-corrected chi connectivity index (χ0v) is 21.3. The first-order valence-corrected chi connectivity index (χ1v) is 13.8. The lowest BCUT2D eigenvalue weighted by molar-refractivity contribution is -0.125. The monoisotopic (exact) mass is 451 g/mol. The maximum atomic E-state index is 12.7. The zero-order valence-electron chi connectivity index (χ0n) is 20.5. The van der Waals surface area contributed by atoms with Gasteiger partial charge in [-0.25, -0.2) is 4.79 Å². The van der Waals surface area contributed by atoms with Gasteiger partial charge in [-0.1, -0.05) is 33.1 Å². The van der Waals surface area contributed by atoms with Gasteiger partial charge < -0.3 is 10.2 Å². The lowest BCUT2D eigenvalue weighted by Crippen LogP contribution is -2.73. The average Bonchev–Trinajstić information content (AvgIpc) is 3.10. The normalized spacial score (nSPS) is 38.7. The van der Waals surface area contributed by atoms with Crippen LogP contribution < -0.4 is 5.32 Å². The second kappa shape index (κ2) is 9.78. The molecule has 0 aliphatic carbocycles. The van der Waals surface area contributed by atoms with Gasteiger partial charge >= 0.3 is 6.03 Å². The first-order valence-electron chi connectivity index (χ1n) is 12.7. The lowest BCUT2D eigenvalue weighted by atomic mass is 9.89. The van der Waals surface area contributed by atoms with Crippen molar-refractivity contribution in [3.63, 3.8) is 0 Å². The first-order chi connectivity index (χ1) is 14.8. The fourth-order valence-electron chi connectivity index (χ4n) is 6.17. The molecule has 178 valence electrons. The highest BCUT2D eigenvalue weighted by molar-refractivity contribution is 8.00. The number of piperazine rings is 1. The SMILES string of the molecule is CCCCCC1CCN2CN1C(N1CCN(C(=O)NC(C)(C)C)CC1)C1SCC(C)C12. The van der Waals surface area contributed by atoms with E-state index in [0.29, 0.717) is 11.4 Å². The number of thioether (sulfide) groups is 1. The summed E-state index contributed by atoms with van der Waals surface area (Å²) in [4.78, 5) is 23.1. The van der Waals surface area contributed by atoms with Gasteiger partial charge in [-0.3, -0.25) is 14.7 Å². The van der Waals surface area contributed by atoms with Crippen molar-refractivity contribution >= 4 is 17.8 Å². The minimum Gasteiger partial charge on any atom is -0.333 e. The average molecular weight is 452 g/mol. The fraction of sp³-hybridized carbons (Fsp3) is 0.958. The van der Waals surface area contributed by atoms with Crippen molar-refractivity contribution in [2.75, 3.05) is 45.1 Å². The summed E-state index contributed by atoms with van der Waals surface area (Å²) in [7, 11) is 0. The molecule has 6 nitrogen and oxygen atoms in total. The predicted molar refractivity (Wildman–Crippen MR) is 130 cm³/mol. The van der Waals surface area contributed by atoms with Crippen molar-refractivity contribution < 1.29 is 4.79 Å². The summed E-state index contributed by atoms with van der Waals surface area (Å²) in [5.41, 5.74) is -0.176. The highest BCUT2D eigenvalue weighted by atomic mass is 32.2. The van der Waals surface area contributed by atoms with Crippen molar-refractivity contribution in [1.82, 2.24) is 24.9 Å². The summed E-state index contributed by atoms with van der Waals surface area (Å²) in [6, 6.07) is 1.55. The number of unbranched alkanes of at least 4 members (excludes halogenated alkanes) is 2. The Bertz CT molecular complexity index is 618. The van der Waals surface area contributed by atoms with Gasteiger partial charge in [-0.15, -0.1) is 0 Å². The van der Waals surface area contributed by atoms with Crippen LogP contribution >= 0.6 is 11.8 Å². The minimum absolute atomic E-state index is 0.0964. The molecule has 7 unspecified atom stereocenters. The fourth-order valence-corrected chi connectivity index (χ4v) is 8.03. The third-order valence-corrected chi connectivity index (χ3v) is 9.31. The Kier molecular flexibility index (Phi) is 7.46. The van der Waals surface area contributed by atoms with E-state index in [1.54, 1.807) is 0 Å². The van der Waals surface area contributed by atoms with E-state index in [0.717, 1.165) is 50.8 Å². The van der Waals surface area contributed by atoms with E-state index in [2.05, 4.69) is 66.4 Å². The van der Waals surface area contributed by atoms with E-state index in [-0.39, 0.29) is 11.6 Å². The molecule has 7 heteroatoms. The van der Waals surface area contributed by atoms with Crippen LogP contribution in [0.25, 0.3) is 0 Å². The molecule has 0 radical (unpaired) electrons. The van der Waals surface area contributed by atoms with Gasteiger partial charge in [0.1, 0.15) is 0 Å². The molecule has 2 amide bonds. The van der Waals surface area contributed by atoms with Crippen LogP contribution in [0.2, 0.25) is 0 Å². The van der Waals surface area contributed by atoms with Crippen LogP contribution in [0, 0.1) is 5.92 Å². The van der Waals surface area contributed by atoms with Crippen LogP contribution in [0.5, 0.6) is 0 Å². The van der Waals surface area contributed by atoms with Crippen molar-refractivity contribution in [2.24, 2.45) is 5.92 Å². The number of hydrogen-bond donors (Lipinski definition) is 1. The highest BCUT2D eigenvalue weighted by Gasteiger charge is 2.53. The first kappa shape index (κ1) is 23.7. The molecule has 0 aromatic rings. The van der Waals surface area contributed by atoms with Gasteiger partial charge in [0.05, 0.1) is 12.8 Å². The van der Waals surface area contributed by atoms with Crippen LogP contribution in [0.15, 0.2) is 0 Å². The molecule has 4 aliphatic rings. The maximum Gasteiger partial charge on any atom is 0.317 e. The molecule has 0 spiro atoms. The molecule has 31 heavy (non-hydrogen) atoms. The second-order valence-corrected chi connectivity index (χ2v) is 12.5. The van der Waals surface area contributed by atoms with Gasteiger partial charge in [-0.05, 0) is 45.3 Å². The summed E-state index contributed by atoms with van der Waals surface area (Å²) in [6.45, 7) is 17.1. The van der Waals surface area contributed by atoms with E-state index >= 15 is 0 Å². The van der Waals surface area contributed by atoms with Crippen LogP contribution in [-0.4, -0.2) is 99.8 Å². The van der Waals surface area contributed by atoms with Crippen LogP contribution in [-0.2, 0) is 0 Å². The minimum atomic E-state index is -0.176. The molecular weight excluding hydrogens is 406 g/mol. The number of nitrogens with one attached hydrogen (secondary N) is 1. The highest BCUT2D eigenvalue weighted by Crippen LogP contribution is 2.45.